The van der Waals surface area contributed by atoms with E-state index in [1.54, 1.807) is 24.3 Å². The first-order valence-electron chi connectivity index (χ1n) is 5.79. The Morgan fingerprint density at radius 1 is 1.10 bits per heavy atom. The quantitative estimate of drug-likeness (QED) is 0.904. The van der Waals surface area contributed by atoms with E-state index < -0.39 is 11.6 Å². The van der Waals surface area contributed by atoms with Gasteiger partial charge in [-0.2, -0.15) is 0 Å². The molecule has 0 saturated heterocycles. The van der Waals surface area contributed by atoms with E-state index in [9.17, 15) is 13.6 Å². The Labute approximate surface area is 119 Å². The highest BCUT2D eigenvalue weighted by Crippen LogP contribution is 2.20. The summed E-state index contributed by atoms with van der Waals surface area (Å²) in [6, 6.07) is 10.1. The lowest BCUT2D eigenvalue weighted by molar-refractivity contribution is -0.114. The summed E-state index contributed by atoms with van der Waals surface area (Å²) in [5.41, 5.74) is 0.810. The van der Waals surface area contributed by atoms with E-state index in [-0.39, 0.29) is 12.5 Å². The molecule has 0 fully saturated rings. The van der Waals surface area contributed by atoms with Crippen molar-refractivity contribution in [1.29, 1.82) is 0 Å². The highest BCUT2D eigenvalue weighted by Gasteiger charge is 2.06. The van der Waals surface area contributed by atoms with Gasteiger partial charge < -0.3 is 10.6 Å². The van der Waals surface area contributed by atoms with Crippen LogP contribution >= 0.6 is 11.6 Å². The Bertz CT molecular complexity index is 634. The van der Waals surface area contributed by atoms with Crippen LogP contribution in [0.4, 0.5) is 20.2 Å². The Balaban J connectivity index is 1.92. The third-order valence-corrected chi connectivity index (χ3v) is 2.85. The van der Waals surface area contributed by atoms with Crippen molar-refractivity contribution in [1.82, 2.24) is 0 Å². The van der Waals surface area contributed by atoms with E-state index >= 15 is 0 Å². The average Bonchev–Trinajstić information content (AvgIpc) is 2.43. The summed E-state index contributed by atoms with van der Waals surface area (Å²) in [7, 11) is 0. The fourth-order valence-corrected chi connectivity index (χ4v) is 1.73. The summed E-state index contributed by atoms with van der Waals surface area (Å²) < 4.78 is 25.7. The lowest BCUT2D eigenvalue weighted by atomic mass is 10.3. The van der Waals surface area contributed by atoms with Crippen LogP contribution in [0.5, 0.6) is 0 Å². The standard InChI is InChI=1S/C14H11ClF2N2O/c15-10-3-1-2-4-13(10)19-14(20)8-18-9-5-6-11(16)12(17)7-9/h1-7,18H,8H2,(H,19,20). The van der Waals surface area contributed by atoms with Gasteiger partial charge in [0.1, 0.15) is 0 Å². The Morgan fingerprint density at radius 2 is 1.85 bits per heavy atom. The predicted molar refractivity (Wildman–Crippen MR) is 74.9 cm³/mol. The number of amides is 1. The zero-order chi connectivity index (χ0) is 14.5. The summed E-state index contributed by atoms with van der Waals surface area (Å²) in [6.45, 7) is -0.0870. The molecule has 0 saturated carbocycles. The highest BCUT2D eigenvalue weighted by atomic mass is 35.5. The van der Waals surface area contributed by atoms with Crippen molar-refractivity contribution < 1.29 is 13.6 Å². The molecule has 0 atom stereocenters. The normalized spacial score (nSPS) is 10.2. The number of halogens is 3. The van der Waals surface area contributed by atoms with Crippen LogP contribution in [-0.4, -0.2) is 12.5 Å². The summed E-state index contributed by atoms with van der Waals surface area (Å²) in [5, 5.41) is 5.72. The minimum atomic E-state index is -0.971. The highest BCUT2D eigenvalue weighted by molar-refractivity contribution is 6.33. The molecule has 0 radical (unpaired) electrons. The minimum absolute atomic E-state index is 0.0870. The fourth-order valence-electron chi connectivity index (χ4n) is 1.55. The molecule has 2 N–H and O–H groups in total. The zero-order valence-electron chi connectivity index (χ0n) is 10.3. The van der Waals surface area contributed by atoms with Gasteiger partial charge in [-0.1, -0.05) is 23.7 Å². The predicted octanol–water partition coefficient (Wildman–Crippen LogP) is 3.67. The van der Waals surface area contributed by atoms with Crippen LogP contribution in [0.15, 0.2) is 42.5 Å². The second-order valence-electron chi connectivity index (χ2n) is 4.01. The summed E-state index contributed by atoms with van der Waals surface area (Å²) in [6.07, 6.45) is 0. The number of carbonyl (C=O) groups excluding carboxylic acids is 1. The van der Waals surface area contributed by atoms with Gasteiger partial charge in [-0.15, -0.1) is 0 Å². The van der Waals surface area contributed by atoms with Crippen molar-refractivity contribution in [2.45, 2.75) is 0 Å². The molecule has 0 aromatic heterocycles. The number of anilines is 2. The smallest absolute Gasteiger partial charge is 0.243 e. The molecule has 2 aromatic carbocycles. The Kier molecular flexibility index (Phi) is 4.53. The number of hydrogen-bond donors (Lipinski definition) is 2. The molecule has 2 rings (SSSR count). The van der Waals surface area contributed by atoms with E-state index in [0.717, 1.165) is 12.1 Å². The molecule has 0 aliphatic heterocycles. The monoisotopic (exact) mass is 296 g/mol. The molecular formula is C14H11ClF2N2O. The second kappa shape index (κ2) is 6.34. The lowest BCUT2D eigenvalue weighted by Gasteiger charge is -2.09. The van der Waals surface area contributed by atoms with Crippen LogP contribution in [0.25, 0.3) is 0 Å². The Hall–Kier alpha value is -2.14. The van der Waals surface area contributed by atoms with E-state index in [2.05, 4.69) is 10.6 Å². The molecule has 0 bridgehead atoms. The van der Waals surface area contributed by atoms with Crippen molar-refractivity contribution in [2.24, 2.45) is 0 Å². The van der Waals surface area contributed by atoms with Gasteiger partial charge in [0.2, 0.25) is 5.91 Å². The lowest BCUT2D eigenvalue weighted by Crippen LogP contribution is -2.21. The fraction of sp³-hybridized carbons (Fsp3) is 0.0714. The van der Waals surface area contributed by atoms with Crippen molar-refractivity contribution in [3.63, 3.8) is 0 Å². The molecule has 20 heavy (non-hydrogen) atoms. The van der Waals surface area contributed by atoms with Crippen LogP contribution < -0.4 is 10.6 Å². The van der Waals surface area contributed by atoms with Crippen LogP contribution in [0.2, 0.25) is 5.02 Å². The van der Waals surface area contributed by atoms with Gasteiger partial charge in [0, 0.05) is 11.8 Å². The van der Waals surface area contributed by atoms with Crippen molar-refractivity contribution in [2.75, 3.05) is 17.2 Å². The van der Waals surface area contributed by atoms with E-state index in [1.807, 2.05) is 0 Å². The number of hydrogen-bond acceptors (Lipinski definition) is 2. The van der Waals surface area contributed by atoms with E-state index in [0.29, 0.717) is 16.4 Å². The second-order valence-corrected chi connectivity index (χ2v) is 4.42. The van der Waals surface area contributed by atoms with Crippen LogP contribution in [-0.2, 0) is 4.79 Å². The first-order valence-corrected chi connectivity index (χ1v) is 6.17. The van der Waals surface area contributed by atoms with E-state index in [4.69, 9.17) is 11.6 Å². The Morgan fingerprint density at radius 3 is 2.55 bits per heavy atom. The molecule has 1 amide bonds. The van der Waals surface area contributed by atoms with Crippen LogP contribution in [0.1, 0.15) is 0 Å². The summed E-state index contributed by atoms with van der Waals surface area (Å²) in [4.78, 5) is 11.7. The average molecular weight is 297 g/mol. The maximum absolute atomic E-state index is 13.0. The molecule has 0 unspecified atom stereocenters. The number of nitrogens with one attached hydrogen (secondary N) is 2. The van der Waals surface area contributed by atoms with Gasteiger partial charge in [0.05, 0.1) is 17.3 Å². The third kappa shape index (κ3) is 3.68. The van der Waals surface area contributed by atoms with Gasteiger partial charge in [-0.3, -0.25) is 4.79 Å². The van der Waals surface area contributed by atoms with Crippen molar-refractivity contribution >= 4 is 28.9 Å². The van der Waals surface area contributed by atoms with Gasteiger partial charge in [0.15, 0.2) is 11.6 Å². The molecule has 0 spiro atoms. The number of rotatable bonds is 4. The van der Waals surface area contributed by atoms with Crippen molar-refractivity contribution in [3.05, 3.63) is 59.1 Å². The van der Waals surface area contributed by atoms with Crippen LogP contribution in [0, 0.1) is 11.6 Å². The molecule has 2 aromatic rings. The van der Waals surface area contributed by atoms with Crippen molar-refractivity contribution in [3.8, 4) is 0 Å². The molecular weight excluding hydrogens is 286 g/mol. The number of benzene rings is 2. The molecule has 0 aliphatic carbocycles. The van der Waals surface area contributed by atoms with Gasteiger partial charge in [-0.25, -0.2) is 8.78 Å². The summed E-state index contributed by atoms with van der Waals surface area (Å²) >= 11 is 5.90. The van der Waals surface area contributed by atoms with E-state index in [1.165, 1.54) is 6.07 Å². The molecule has 104 valence electrons. The maximum Gasteiger partial charge on any atom is 0.243 e. The largest absolute Gasteiger partial charge is 0.376 e. The number of carbonyl (C=O) groups is 1. The first kappa shape index (κ1) is 14.3. The SMILES string of the molecule is O=C(CNc1ccc(F)c(F)c1)Nc1ccccc1Cl. The zero-order valence-corrected chi connectivity index (χ0v) is 11.0. The molecule has 0 heterocycles. The van der Waals surface area contributed by atoms with Gasteiger partial charge in [-0.05, 0) is 24.3 Å². The van der Waals surface area contributed by atoms with Crippen LogP contribution in [0.3, 0.4) is 0 Å². The molecule has 0 aliphatic rings. The number of para-hydroxylation sites is 1. The summed E-state index contributed by atoms with van der Waals surface area (Å²) in [5.74, 6) is -2.25. The maximum atomic E-state index is 13.0. The minimum Gasteiger partial charge on any atom is -0.376 e. The van der Waals surface area contributed by atoms with Gasteiger partial charge in [0.25, 0.3) is 0 Å². The molecule has 6 heteroatoms. The topological polar surface area (TPSA) is 41.1 Å². The third-order valence-electron chi connectivity index (χ3n) is 2.52. The molecule has 3 nitrogen and oxygen atoms in total. The first-order chi connectivity index (χ1) is 9.56. The van der Waals surface area contributed by atoms with Gasteiger partial charge >= 0.3 is 0 Å².